The Morgan fingerprint density at radius 2 is 1.55 bits per heavy atom. The van der Waals surface area contributed by atoms with Gasteiger partial charge in [-0.15, -0.1) is 0 Å². The fraction of sp³-hybridized carbons (Fsp3) is 0.172. The molecule has 0 amide bonds. The normalized spacial score (nSPS) is 11.5. The van der Waals surface area contributed by atoms with E-state index >= 15 is 4.39 Å². The summed E-state index contributed by atoms with van der Waals surface area (Å²) in [7, 11) is 4.87. The van der Waals surface area contributed by atoms with Crippen LogP contribution in [0.4, 0.5) is 18.9 Å². The molecule has 3 aromatic carbocycles. The molecule has 5 aromatic rings. The number of halogens is 3. The van der Waals surface area contributed by atoms with Crippen LogP contribution in [0.1, 0.15) is 11.1 Å². The van der Waals surface area contributed by atoms with E-state index in [1.165, 1.54) is 35.9 Å². The molecule has 8 nitrogen and oxygen atoms in total. The molecule has 0 saturated carbocycles. The summed E-state index contributed by atoms with van der Waals surface area (Å²) in [5.41, 5.74) is 5.72. The van der Waals surface area contributed by atoms with Gasteiger partial charge in [-0.05, 0) is 56.1 Å². The lowest BCUT2D eigenvalue weighted by Gasteiger charge is -2.17. The SMILES string of the molecule is COc1cccc(-n2c(=O)c3c(CN(C)C)c(-c4ccc(N)cc4)cn3n(Cc3c(F)cccc3F)c2=O)c1F. The highest BCUT2D eigenvalue weighted by Crippen LogP contribution is 2.30. The molecule has 0 aliphatic carbocycles. The smallest absolute Gasteiger partial charge is 0.351 e. The quantitative estimate of drug-likeness (QED) is 0.310. The highest BCUT2D eigenvalue weighted by molar-refractivity contribution is 5.77. The Hall–Kier alpha value is -4.77. The summed E-state index contributed by atoms with van der Waals surface area (Å²) >= 11 is 0. The van der Waals surface area contributed by atoms with Crippen LogP contribution >= 0.6 is 0 Å². The van der Waals surface area contributed by atoms with Gasteiger partial charge in [0.25, 0.3) is 5.56 Å². The van der Waals surface area contributed by atoms with Gasteiger partial charge in [0.1, 0.15) is 17.2 Å². The molecule has 206 valence electrons. The van der Waals surface area contributed by atoms with Gasteiger partial charge in [0, 0.05) is 35.1 Å². The fourth-order valence-corrected chi connectivity index (χ4v) is 4.76. The van der Waals surface area contributed by atoms with E-state index in [-0.39, 0.29) is 29.1 Å². The average molecular weight is 550 g/mol. The number of aromatic nitrogens is 3. The highest BCUT2D eigenvalue weighted by atomic mass is 19.1. The van der Waals surface area contributed by atoms with Crippen molar-refractivity contribution in [3.63, 3.8) is 0 Å². The van der Waals surface area contributed by atoms with E-state index < -0.39 is 35.2 Å². The largest absolute Gasteiger partial charge is 0.494 e. The van der Waals surface area contributed by atoms with Crippen molar-refractivity contribution in [1.82, 2.24) is 18.7 Å². The molecule has 5 rings (SSSR count). The molecule has 40 heavy (non-hydrogen) atoms. The lowest BCUT2D eigenvalue weighted by molar-refractivity contribution is 0.385. The number of nitrogens with zero attached hydrogens (tertiary/aromatic N) is 4. The molecule has 0 spiro atoms. The molecule has 0 saturated heterocycles. The molecule has 2 heterocycles. The molecule has 2 N–H and O–H groups in total. The van der Waals surface area contributed by atoms with Gasteiger partial charge in [0.05, 0.1) is 19.3 Å². The summed E-state index contributed by atoms with van der Waals surface area (Å²) < 4.78 is 53.0. The number of anilines is 1. The molecule has 0 fully saturated rings. The van der Waals surface area contributed by atoms with Crippen molar-refractivity contribution in [2.24, 2.45) is 0 Å². The molecule has 11 heteroatoms. The van der Waals surface area contributed by atoms with Crippen LogP contribution < -0.4 is 21.7 Å². The minimum Gasteiger partial charge on any atom is -0.494 e. The van der Waals surface area contributed by atoms with E-state index in [0.717, 1.165) is 16.8 Å². The summed E-state index contributed by atoms with van der Waals surface area (Å²) in [4.78, 5) is 29.8. The Balaban J connectivity index is 1.94. The van der Waals surface area contributed by atoms with Crippen LogP contribution in [0.15, 0.2) is 76.4 Å². The van der Waals surface area contributed by atoms with Crippen molar-refractivity contribution in [2.45, 2.75) is 13.1 Å². The Labute approximate surface area is 226 Å². The minimum atomic E-state index is -0.998. The first-order valence-corrected chi connectivity index (χ1v) is 12.3. The number of fused-ring (bicyclic) bond motifs is 1. The van der Waals surface area contributed by atoms with Gasteiger partial charge in [0.2, 0.25) is 0 Å². The Morgan fingerprint density at radius 3 is 2.17 bits per heavy atom. The Kier molecular flexibility index (Phi) is 6.99. The van der Waals surface area contributed by atoms with Gasteiger partial charge in [0.15, 0.2) is 11.6 Å². The molecule has 0 atom stereocenters. The van der Waals surface area contributed by atoms with Crippen molar-refractivity contribution in [1.29, 1.82) is 0 Å². The summed E-state index contributed by atoms with van der Waals surface area (Å²) in [6.07, 6.45) is 1.56. The lowest BCUT2D eigenvalue weighted by Crippen LogP contribution is -2.43. The van der Waals surface area contributed by atoms with Gasteiger partial charge in [-0.25, -0.2) is 27.2 Å². The van der Waals surface area contributed by atoms with Crippen molar-refractivity contribution in [2.75, 3.05) is 26.9 Å². The summed E-state index contributed by atoms with van der Waals surface area (Å²) in [6.45, 7) is -0.310. The number of hydrogen-bond donors (Lipinski definition) is 1. The topological polar surface area (TPSA) is 86.9 Å². The molecule has 2 aromatic heterocycles. The third-order valence-electron chi connectivity index (χ3n) is 6.64. The molecule has 0 aliphatic rings. The maximum atomic E-state index is 15.4. The van der Waals surface area contributed by atoms with Crippen LogP contribution in [0.2, 0.25) is 0 Å². The predicted molar refractivity (Wildman–Crippen MR) is 146 cm³/mol. The second-order valence-electron chi connectivity index (χ2n) is 9.55. The number of hydrogen-bond acceptors (Lipinski definition) is 5. The van der Waals surface area contributed by atoms with Crippen molar-refractivity contribution >= 4 is 11.2 Å². The Morgan fingerprint density at radius 1 is 0.900 bits per heavy atom. The van der Waals surface area contributed by atoms with Gasteiger partial charge in [-0.3, -0.25) is 9.31 Å². The van der Waals surface area contributed by atoms with Crippen LogP contribution in [0.25, 0.3) is 22.3 Å². The van der Waals surface area contributed by atoms with Gasteiger partial charge >= 0.3 is 5.69 Å². The van der Waals surface area contributed by atoms with E-state index in [9.17, 15) is 18.4 Å². The third kappa shape index (κ3) is 4.54. The zero-order chi connectivity index (χ0) is 28.7. The van der Waals surface area contributed by atoms with Crippen LogP contribution in [0, 0.1) is 17.5 Å². The monoisotopic (exact) mass is 549 g/mol. The van der Waals surface area contributed by atoms with E-state index in [2.05, 4.69) is 0 Å². The van der Waals surface area contributed by atoms with Crippen molar-refractivity contribution < 1.29 is 17.9 Å². The fourth-order valence-electron chi connectivity index (χ4n) is 4.76. The number of benzene rings is 3. The molecule has 0 bridgehead atoms. The van der Waals surface area contributed by atoms with Crippen LogP contribution in [0.5, 0.6) is 5.75 Å². The maximum absolute atomic E-state index is 15.4. The van der Waals surface area contributed by atoms with E-state index in [1.54, 1.807) is 44.6 Å². The first kappa shape index (κ1) is 26.8. The van der Waals surface area contributed by atoms with Crippen molar-refractivity contribution in [3.8, 4) is 22.6 Å². The first-order chi connectivity index (χ1) is 19.1. The van der Waals surface area contributed by atoms with E-state index in [1.807, 2.05) is 4.90 Å². The zero-order valence-corrected chi connectivity index (χ0v) is 22.0. The number of ether oxygens (including phenoxy) is 1. The van der Waals surface area contributed by atoms with Gasteiger partial charge < -0.3 is 15.4 Å². The Bertz CT molecular complexity index is 1840. The minimum absolute atomic E-state index is 0.0408. The average Bonchev–Trinajstić information content (AvgIpc) is 3.28. The summed E-state index contributed by atoms with van der Waals surface area (Å²) in [6, 6.07) is 14.3. The summed E-state index contributed by atoms with van der Waals surface area (Å²) in [5.74, 6) is -2.85. The second-order valence-corrected chi connectivity index (χ2v) is 9.55. The summed E-state index contributed by atoms with van der Waals surface area (Å²) in [5, 5.41) is 0. The molecular formula is C29H26F3N5O3. The first-order valence-electron chi connectivity index (χ1n) is 12.3. The van der Waals surface area contributed by atoms with Crippen molar-refractivity contribution in [3.05, 3.63) is 116 Å². The number of rotatable bonds is 7. The molecular weight excluding hydrogens is 523 g/mol. The van der Waals surface area contributed by atoms with Crippen LogP contribution in [0.3, 0.4) is 0 Å². The molecule has 0 unspecified atom stereocenters. The van der Waals surface area contributed by atoms with E-state index in [4.69, 9.17) is 10.5 Å². The highest BCUT2D eigenvalue weighted by Gasteiger charge is 2.25. The molecule has 0 radical (unpaired) electrons. The maximum Gasteiger partial charge on any atom is 0.351 e. The lowest BCUT2D eigenvalue weighted by atomic mass is 10.0. The standard InChI is InChI=1S/C29H26F3N5O3/c1-34(2)14-20-19(17-10-12-18(33)13-11-17)15-35-27(20)28(38)37(24-8-5-9-25(40-3)26(24)32)29(39)36(35)16-21-22(30)6-4-7-23(21)31/h4-13,15H,14,16,33H2,1-3H3. The van der Waals surface area contributed by atoms with Gasteiger partial charge in [-0.1, -0.05) is 24.3 Å². The van der Waals surface area contributed by atoms with Crippen LogP contribution in [-0.2, 0) is 13.1 Å². The second kappa shape index (κ2) is 10.4. The number of nitrogen functional groups attached to an aromatic ring is 1. The number of methoxy groups -OCH3 is 1. The van der Waals surface area contributed by atoms with Gasteiger partial charge in [-0.2, -0.15) is 0 Å². The molecule has 0 aliphatic heterocycles. The van der Waals surface area contributed by atoms with E-state index in [0.29, 0.717) is 26.9 Å². The van der Waals surface area contributed by atoms with Crippen LogP contribution in [-0.4, -0.2) is 39.9 Å². The predicted octanol–water partition coefficient (Wildman–Crippen LogP) is 4.04. The zero-order valence-electron chi connectivity index (χ0n) is 22.0. The third-order valence-corrected chi connectivity index (χ3v) is 6.64. The number of nitrogens with two attached hydrogens (primary N) is 1.